The van der Waals surface area contributed by atoms with E-state index in [2.05, 4.69) is 0 Å². The first kappa shape index (κ1) is 13.7. The molecule has 5 heteroatoms. The molecule has 0 saturated heterocycles. The van der Waals surface area contributed by atoms with Crippen LogP contribution in [0, 0.1) is 5.92 Å². The second-order valence-electron chi connectivity index (χ2n) is 4.03. The van der Waals surface area contributed by atoms with Gasteiger partial charge in [0.05, 0.1) is 0 Å². The number of rotatable bonds is 3. The van der Waals surface area contributed by atoms with E-state index in [9.17, 15) is 9.59 Å². The van der Waals surface area contributed by atoms with Gasteiger partial charge in [0.2, 0.25) is 0 Å². The zero-order valence-corrected chi connectivity index (χ0v) is 10.9. The third-order valence-electron chi connectivity index (χ3n) is 1.39. The molecule has 0 bridgehead atoms. The summed E-state index contributed by atoms with van der Waals surface area (Å²) in [6.45, 7) is 6.80. The van der Waals surface area contributed by atoms with Gasteiger partial charge in [-0.25, -0.2) is 0 Å². The Morgan fingerprint density at radius 2 is 1.79 bits per heavy atom. The van der Waals surface area contributed by atoms with Crippen molar-refractivity contribution in [1.29, 1.82) is 0 Å². The zero-order valence-electron chi connectivity index (χ0n) is 8.70. The molecule has 2 unspecified atom stereocenters. The maximum Gasteiger partial charge on any atom is 0.321 e. The second-order valence-corrected chi connectivity index (χ2v) is 5.99. The maximum absolute atomic E-state index is 11.4. The monoisotopic (exact) mass is 314 g/mol. The maximum atomic E-state index is 11.4. The Balaban J connectivity index is 4.55. The summed E-state index contributed by atoms with van der Waals surface area (Å²) in [5, 5.41) is 8.81. The van der Waals surface area contributed by atoms with E-state index in [-0.39, 0.29) is 3.92 Å². The molecular weight excluding hydrogens is 299 g/mol. The molecule has 0 aliphatic rings. The molecule has 0 heterocycles. The summed E-state index contributed by atoms with van der Waals surface area (Å²) < 4.78 is 4.71. The molecule has 0 saturated carbocycles. The third kappa shape index (κ3) is 4.78. The fourth-order valence-electron chi connectivity index (χ4n) is 0.850. The molecule has 2 atom stereocenters. The van der Waals surface area contributed by atoms with Crippen LogP contribution in [-0.2, 0) is 14.3 Å². The average molecular weight is 314 g/mol. The topological polar surface area (TPSA) is 63.6 Å². The Hall–Kier alpha value is -0.330. The minimum atomic E-state index is -1.14. The van der Waals surface area contributed by atoms with Gasteiger partial charge in [-0.15, -0.1) is 0 Å². The van der Waals surface area contributed by atoms with E-state index in [1.54, 1.807) is 27.7 Å². The molecular formula is C9H15IO4. The predicted molar refractivity (Wildman–Crippen MR) is 60.5 cm³/mol. The molecule has 0 amide bonds. The Bertz CT molecular complexity index is 229. The number of ether oxygens (including phenoxy) is 1. The summed E-state index contributed by atoms with van der Waals surface area (Å²) in [4.78, 5) is 22.2. The number of carboxylic acids is 1. The Morgan fingerprint density at radius 1 is 1.36 bits per heavy atom. The van der Waals surface area contributed by atoms with Crippen molar-refractivity contribution in [3.8, 4) is 0 Å². The van der Waals surface area contributed by atoms with Crippen LogP contribution in [0.5, 0.6) is 0 Å². The van der Waals surface area contributed by atoms with Crippen molar-refractivity contribution in [2.75, 3.05) is 0 Å². The number of halogens is 1. The Morgan fingerprint density at radius 3 is 2.00 bits per heavy atom. The van der Waals surface area contributed by atoms with Crippen LogP contribution < -0.4 is 0 Å². The standard InChI is InChI=1S/C9H15IO4/c1-5(10)6(7(11)12)8(13)14-9(2,3)4/h5-6H,1-4H3,(H,11,12). The van der Waals surface area contributed by atoms with Crippen molar-refractivity contribution >= 4 is 34.5 Å². The van der Waals surface area contributed by atoms with Crippen molar-refractivity contribution in [3.63, 3.8) is 0 Å². The van der Waals surface area contributed by atoms with E-state index < -0.39 is 23.5 Å². The van der Waals surface area contributed by atoms with E-state index in [0.29, 0.717) is 0 Å². The lowest BCUT2D eigenvalue weighted by Gasteiger charge is -2.23. The molecule has 14 heavy (non-hydrogen) atoms. The highest BCUT2D eigenvalue weighted by atomic mass is 127. The van der Waals surface area contributed by atoms with Crippen LogP contribution in [0.3, 0.4) is 0 Å². The van der Waals surface area contributed by atoms with Crippen molar-refractivity contribution < 1.29 is 19.4 Å². The fourth-order valence-corrected chi connectivity index (χ4v) is 1.45. The first-order valence-electron chi connectivity index (χ1n) is 4.25. The number of carbonyl (C=O) groups excluding carboxylic acids is 1. The number of esters is 1. The normalized spacial score (nSPS) is 15.8. The van der Waals surface area contributed by atoms with Crippen molar-refractivity contribution in [1.82, 2.24) is 0 Å². The first-order chi connectivity index (χ1) is 6.15. The van der Waals surface area contributed by atoms with Gasteiger partial charge in [-0.2, -0.15) is 0 Å². The van der Waals surface area contributed by atoms with Gasteiger partial charge in [-0.05, 0) is 20.8 Å². The molecule has 0 aromatic rings. The van der Waals surface area contributed by atoms with Gasteiger partial charge < -0.3 is 9.84 Å². The zero-order chi connectivity index (χ0) is 11.5. The Labute approximate surface area is 97.2 Å². The number of aliphatic carboxylic acids is 1. The Kier molecular flexibility index (Phi) is 4.83. The molecule has 0 fully saturated rings. The fraction of sp³-hybridized carbons (Fsp3) is 0.778. The summed E-state index contributed by atoms with van der Waals surface area (Å²) in [6, 6.07) is 0. The van der Waals surface area contributed by atoms with Crippen molar-refractivity contribution in [3.05, 3.63) is 0 Å². The molecule has 0 aromatic heterocycles. The summed E-state index contributed by atoms with van der Waals surface area (Å²) in [6.07, 6.45) is 0. The summed E-state index contributed by atoms with van der Waals surface area (Å²) in [5.41, 5.74) is -0.643. The smallest absolute Gasteiger partial charge is 0.321 e. The van der Waals surface area contributed by atoms with Gasteiger partial charge in [0, 0.05) is 3.92 Å². The summed E-state index contributed by atoms with van der Waals surface area (Å²) in [5.74, 6) is -2.90. The number of hydrogen-bond acceptors (Lipinski definition) is 3. The molecule has 0 rings (SSSR count). The molecule has 0 aliphatic carbocycles. The predicted octanol–water partition coefficient (Wildman–Crippen LogP) is 1.85. The molecule has 0 spiro atoms. The minimum absolute atomic E-state index is 0.292. The van der Waals surface area contributed by atoms with E-state index >= 15 is 0 Å². The van der Waals surface area contributed by atoms with Gasteiger partial charge in [0.1, 0.15) is 5.60 Å². The van der Waals surface area contributed by atoms with Gasteiger partial charge in [0.25, 0.3) is 0 Å². The van der Waals surface area contributed by atoms with E-state index in [1.165, 1.54) is 0 Å². The van der Waals surface area contributed by atoms with Crippen LogP contribution in [-0.4, -0.2) is 26.6 Å². The largest absolute Gasteiger partial charge is 0.481 e. The van der Waals surface area contributed by atoms with Gasteiger partial charge in [-0.3, -0.25) is 9.59 Å². The van der Waals surface area contributed by atoms with Gasteiger partial charge in [-0.1, -0.05) is 29.5 Å². The molecule has 0 aromatic carbocycles. The SMILES string of the molecule is CC(I)C(C(=O)O)C(=O)OC(C)(C)C. The average Bonchev–Trinajstić information content (AvgIpc) is 1.78. The quantitative estimate of drug-likeness (QED) is 0.374. The van der Waals surface area contributed by atoms with Gasteiger partial charge in [0.15, 0.2) is 5.92 Å². The second kappa shape index (κ2) is 4.95. The molecule has 82 valence electrons. The highest BCUT2D eigenvalue weighted by Crippen LogP contribution is 2.18. The van der Waals surface area contributed by atoms with Crippen LogP contribution in [0.25, 0.3) is 0 Å². The lowest BCUT2D eigenvalue weighted by Crippen LogP contribution is -2.36. The minimum Gasteiger partial charge on any atom is -0.481 e. The highest BCUT2D eigenvalue weighted by Gasteiger charge is 2.34. The lowest BCUT2D eigenvalue weighted by atomic mass is 10.1. The first-order valence-corrected chi connectivity index (χ1v) is 5.49. The summed E-state index contributed by atoms with van der Waals surface area (Å²) >= 11 is 1.90. The van der Waals surface area contributed by atoms with Crippen LogP contribution >= 0.6 is 22.6 Å². The molecule has 0 radical (unpaired) electrons. The highest BCUT2D eigenvalue weighted by molar-refractivity contribution is 14.1. The number of carbonyl (C=O) groups is 2. The number of carboxylic acid groups (broad SMARTS) is 1. The van der Waals surface area contributed by atoms with E-state index in [4.69, 9.17) is 9.84 Å². The lowest BCUT2D eigenvalue weighted by molar-refractivity contribution is -0.166. The van der Waals surface area contributed by atoms with Crippen LogP contribution in [0.2, 0.25) is 0 Å². The van der Waals surface area contributed by atoms with Crippen molar-refractivity contribution in [2.45, 2.75) is 37.2 Å². The molecule has 0 aliphatic heterocycles. The summed E-state index contributed by atoms with van der Waals surface area (Å²) in [7, 11) is 0. The molecule has 1 N–H and O–H groups in total. The van der Waals surface area contributed by atoms with Crippen LogP contribution in [0.4, 0.5) is 0 Å². The van der Waals surface area contributed by atoms with Crippen LogP contribution in [0.15, 0.2) is 0 Å². The third-order valence-corrected chi connectivity index (χ3v) is 2.11. The number of alkyl halides is 1. The van der Waals surface area contributed by atoms with Crippen molar-refractivity contribution in [2.24, 2.45) is 5.92 Å². The van der Waals surface area contributed by atoms with E-state index in [1.807, 2.05) is 22.6 Å². The van der Waals surface area contributed by atoms with Crippen LogP contribution in [0.1, 0.15) is 27.7 Å². The molecule has 4 nitrogen and oxygen atoms in total. The number of hydrogen-bond donors (Lipinski definition) is 1. The van der Waals surface area contributed by atoms with E-state index in [0.717, 1.165) is 0 Å². The van der Waals surface area contributed by atoms with Gasteiger partial charge >= 0.3 is 11.9 Å².